The molecule has 0 amide bonds. The number of likely N-dealkylation sites (N-methyl/N-ethyl adjacent to an activating group) is 1. The number of hydrogen-bond acceptors (Lipinski definition) is 4. The Bertz CT molecular complexity index is 196. The molecule has 0 saturated heterocycles. The molecule has 6 heteroatoms. The van der Waals surface area contributed by atoms with Gasteiger partial charge in [-0.15, -0.1) is 0 Å². The number of carboxylic acids is 2. The van der Waals surface area contributed by atoms with Gasteiger partial charge in [0, 0.05) is 0 Å². The number of carbonyl (C=O) groups is 2. The molecule has 0 aliphatic carbocycles. The third-order valence-electron chi connectivity index (χ3n) is 1.77. The van der Waals surface area contributed by atoms with Crippen molar-refractivity contribution in [2.24, 2.45) is 0 Å². The summed E-state index contributed by atoms with van der Waals surface area (Å²) in [5.41, 5.74) is 0. The van der Waals surface area contributed by atoms with Crippen molar-refractivity contribution in [2.75, 3.05) is 20.1 Å². The van der Waals surface area contributed by atoms with Gasteiger partial charge in [0.15, 0.2) is 0 Å². The monoisotopic (exact) mass is 204 g/mol. The summed E-state index contributed by atoms with van der Waals surface area (Å²) in [6.45, 7) is 0.426. The van der Waals surface area contributed by atoms with Crippen LogP contribution in [0.2, 0.25) is 0 Å². The summed E-state index contributed by atoms with van der Waals surface area (Å²) in [5, 5.41) is 22.3. The molecule has 1 unspecified atom stereocenters. The summed E-state index contributed by atoms with van der Waals surface area (Å²) in [7, 11) is 1.59. The first kappa shape index (κ1) is 12.9. The minimum Gasteiger partial charge on any atom is -0.480 e. The van der Waals surface area contributed by atoms with E-state index in [1.54, 1.807) is 7.05 Å². The number of rotatable bonds is 8. The van der Waals surface area contributed by atoms with Gasteiger partial charge in [0.25, 0.3) is 0 Å². The Morgan fingerprint density at radius 2 is 2.00 bits per heavy atom. The van der Waals surface area contributed by atoms with Gasteiger partial charge in [0.2, 0.25) is 0 Å². The van der Waals surface area contributed by atoms with Crippen LogP contribution < -0.4 is 10.6 Å². The number of nitrogens with one attached hydrogen (secondary N) is 2. The van der Waals surface area contributed by atoms with E-state index < -0.39 is 18.0 Å². The Morgan fingerprint density at radius 3 is 2.43 bits per heavy atom. The normalized spacial score (nSPS) is 12.4. The minimum absolute atomic E-state index is 0.0860. The van der Waals surface area contributed by atoms with Gasteiger partial charge in [-0.25, -0.2) is 0 Å². The highest BCUT2D eigenvalue weighted by molar-refractivity contribution is 5.73. The molecular weight excluding hydrogens is 188 g/mol. The minimum atomic E-state index is -0.909. The molecular formula is C8H16N2O4. The molecule has 0 bridgehead atoms. The van der Waals surface area contributed by atoms with Crippen LogP contribution in [0.4, 0.5) is 0 Å². The molecule has 0 aromatic heterocycles. The van der Waals surface area contributed by atoms with Crippen molar-refractivity contribution in [3.8, 4) is 0 Å². The number of hydrogen-bond donors (Lipinski definition) is 4. The quantitative estimate of drug-likeness (QED) is 0.383. The average Bonchev–Trinajstić information content (AvgIpc) is 2.10. The molecule has 14 heavy (non-hydrogen) atoms. The highest BCUT2D eigenvalue weighted by Crippen LogP contribution is 1.95. The number of carboxylic acid groups (broad SMARTS) is 2. The van der Waals surface area contributed by atoms with Crippen molar-refractivity contribution in [1.29, 1.82) is 0 Å². The van der Waals surface area contributed by atoms with Crippen molar-refractivity contribution in [3.63, 3.8) is 0 Å². The molecule has 0 heterocycles. The SMILES string of the molecule is CNC(CCCNCC(=O)O)C(=O)O. The first-order valence-corrected chi connectivity index (χ1v) is 4.40. The van der Waals surface area contributed by atoms with E-state index in [0.717, 1.165) is 0 Å². The molecule has 4 N–H and O–H groups in total. The molecule has 0 spiro atoms. The van der Waals surface area contributed by atoms with E-state index in [1.165, 1.54) is 0 Å². The lowest BCUT2D eigenvalue weighted by Gasteiger charge is -2.10. The summed E-state index contributed by atoms with van der Waals surface area (Å²) in [4.78, 5) is 20.6. The van der Waals surface area contributed by atoms with E-state index in [0.29, 0.717) is 19.4 Å². The third kappa shape index (κ3) is 6.38. The van der Waals surface area contributed by atoms with Gasteiger partial charge >= 0.3 is 11.9 Å². The first-order valence-electron chi connectivity index (χ1n) is 4.40. The lowest BCUT2D eigenvalue weighted by atomic mass is 10.1. The zero-order valence-corrected chi connectivity index (χ0v) is 8.12. The zero-order valence-electron chi connectivity index (χ0n) is 8.12. The molecule has 0 fully saturated rings. The predicted molar refractivity (Wildman–Crippen MR) is 50.2 cm³/mol. The van der Waals surface area contributed by atoms with Gasteiger partial charge < -0.3 is 20.8 Å². The highest BCUT2D eigenvalue weighted by Gasteiger charge is 2.13. The van der Waals surface area contributed by atoms with E-state index in [4.69, 9.17) is 10.2 Å². The molecule has 0 aromatic rings. The van der Waals surface area contributed by atoms with Crippen LogP contribution in [0, 0.1) is 0 Å². The lowest BCUT2D eigenvalue weighted by Crippen LogP contribution is -2.34. The van der Waals surface area contributed by atoms with Gasteiger partial charge in [0.1, 0.15) is 6.04 Å². The molecule has 0 aliphatic rings. The van der Waals surface area contributed by atoms with Crippen molar-refractivity contribution in [3.05, 3.63) is 0 Å². The predicted octanol–water partition coefficient (Wildman–Crippen LogP) is -0.887. The third-order valence-corrected chi connectivity index (χ3v) is 1.77. The van der Waals surface area contributed by atoms with Gasteiger partial charge in [-0.05, 0) is 26.4 Å². The average molecular weight is 204 g/mol. The molecule has 0 aromatic carbocycles. The number of aliphatic carboxylic acids is 2. The summed E-state index contributed by atoms with van der Waals surface area (Å²) in [5.74, 6) is -1.79. The first-order chi connectivity index (χ1) is 6.57. The molecule has 82 valence electrons. The maximum atomic E-state index is 10.5. The molecule has 0 aliphatic heterocycles. The summed E-state index contributed by atoms with van der Waals surface area (Å²) in [6, 6.07) is -0.554. The fraction of sp³-hybridized carbons (Fsp3) is 0.750. The van der Waals surface area contributed by atoms with E-state index in [2.05, 4.69) is 10.6 Å². The van der Waals surface area contributed by atoms with Gasteiger partial charge in [0.05, 0.1) is 6.54 Å². The second-order valence-corrected chi connectivity index (χ2v) is 2.89. The molecule has 0 radical (unpaired) electrons. The smallest absolute Gasteiger partial charge is 0.320 e. The lowest BCUT2D eigenvalue weighted by molar-refractivity contribution is -0.139. The second kappa shape index (κ2) is 7.28. The van der Waals surface area contributed by atoms with E-state index >= 15 is 0 Å². The molecule has 6 nitrogen and oxygen atoms in total. The Hall–Kier alpha value is -1.14. The molecule has 0 rings (SSSR count). The van der Waals surface area contributed by atoms with E-state index in [9.17, 15) is 9.59 Å². The second-order valence-electron chi connectivity index (χ2n) is 2.89. The fourth-order valence-electron chi connectivity index (χ4n) is 1.02. The van der Waals surface area contributed by atoms with Crippen LogP contribution in [0.15, 0.2) is 0 Å². The Labute approximate surface area is 82.3 Å². The van der Waals surface area contributed by atoms with Crippen LogP contribution in [0.5, 0.6) is 0 Å². The Morgan fingerprint density at radius 1 is 1.36 bits per heavy atom. The Kier molecular flexibility index (Phi) is 6.69. The summed E-state index contributed by atoms with van der Waals surface area (Å²) >= 11 is 0. The topological polar surface area (TPSA) is 98.7 Å². The van der Waals surface area contributed by atoms with Crippen LogP contribution in [-0.4, -0.2) is 48.3 Å². The van der Waals surface area contributed by atoms with Crippen molar-refractivity contribution < 1.29 is 19.8 Å². The van der Waals surface area contributed by atoms with Crippen LogP contribution in [0.25, 0.3) is 0 Å². The highest BCUT2D eigenvalue weighted by atomic mass is 16.4. The van der Waals surface area contributed by atoms with Crippen LogP contribution in [-0.2, 0) is 9.59 Å². The van der Waals surface area contributed by atoms with E-state index in [1.807, 2.05) is 0 Å². The maximum absolute atomic E-state index is 10.5. The fourth-order valence-corrected chi connectivity index (χ4v) is 1.02. The van der Waals surface area contributed by atoms with Crippen LogP contribution >= 0.6 is 0 Å². The van der Waals surface area contributed by atoms with E-state index in [-0.39, 0.29) is 6.54 Å². The summed E-state index contributed by atoms with van der Waals surface area (Å²) in [6.07, 6.45) is 1.11. The largest absolute Gasteiger partial charge is 0.480 e. The molecule has 0 saturated carbocycles. The van der Waals surface area contributed by atoms with Crippen molar-refractivity contribution >= 4 is 11.9 Å². The Balaban J connectivity index is 3.42. The maximum Gasteiger partial charge on any atom is 0.320 e. The van der Waals surface area contributed by atoms with Crippen molar-refractivity contribution in [1.82, 2.24) is 10.6 Å². The van der Waals surface area contributed by atoms with Gasteiger partial charge in [-0.3, -0.25) is 9.59 Å². The summed E-state index contributed by atoms with van der Waals surface area (Å²) < 4.78 is 0. The van der Waals surface area contributed by atoms with Crippen LogP contribution in [0.1, 0.15) is 12.8 Å². The van der Waals surface area contributed by atoms with Crippen LogP contribution in [0.3, 0.4) is 0 Å². The standard InChI is InChI=1S/C8H16N2O4/c1-9-6(8(13)14)3-2-4-10-5-7(11)12/h6,9-10H,2-5H2,1H3,(H,11,12)(H,13,14). The van der Waals surface area contributed by atoms with Crippen molar-refractivity contribution in [2.45, 2.75) is 18.9 Å². The molecule has 1 atom stereocenters. The zero-order chi connectivity index (χ0) is 11.0. The van der Waals surface area contributed by atoms with Gasteiger partial charge in [-0.2, -0.15) is 0 Å². The van der Waals surface area contributed by atoms with Gasteiger partial charge in [-0.1, -0.05) is 0 Å².